The number of ether oxygens (including phenoxy) is 1. The Morgan fingerprint density at radius 1 is 1.30 bits per heavy atom. The van der Waals surface area contributed by atoms with Gasteiger partial charge in [-0.3, -0.25) is 4.79 Å². The van der Waals surface area contributed by atoms with E-state index in [1.807, 2.05) is 0 Å². The van der Waals surface area contributed by atoms with Crippen LogP contribution in [0.25, 0.3) is 0 Å². The highest BCUT2D eigenvalue weighted by Gasteiger charge is 2.22. The number of carbonyl (C=O) groups is 1. The lowest BCUT2D eigenvalue weighted by molar-refractivity contribution is -0.122. The molecular weight excluding hydrogens is 340 g/mol. The molecule has 6 nitrogen and oxygen atoms in total. The average Bonchev–Trinajstić information content (AvgIpc) is 2.53. The van der Waals surface area contributed by atoms with E-state index in [0.29, 0.717) is 0 Å². The molecule has 0 spiro atoms. The van der Waals surface area contributed by atoms with Crippen LogP contribution in [0.3, 0.4) is 0 Å². The maximum atomic E-state index is 12.4. The third-order valence-corrected chi connectivity index (χ3v) is 5.59. The molecular formula is C15H21ClN2O4S. The van der Waals surface area contributed by atoms with Crippen LogP contribution >= 0.6 is 11.6 Å². The van der Waals surface area contributed by atoms with Crippen LogP contribution in [0.4, 0.5) is 0 Å². The van der Waals surface area contributed by atoms with Crippen LogP contribution in [0.2, 0.25) is 5.02 Å². The van der Waals surface area contributed by atoms with Gasteiger partial charge >= 0.3 is 0 Å². The van der Waals surface area contributed by atoms with Crippen molar-refractivity contribution in [3.63, 3.8) is 0 Å². The van der Waals surface area contributed by atoms with Gasteiger partial charge in [0.05, 0.1) is 9.92 Å². The molecule has 1 aromatic carbocycles. The first-order chi connectivity index (χ1) is 10.9. The highest BCUT2D eigenvalue weighted by atomic mass is 35.5. The molecule has 2 rings (SSSR count). The summed E-state index contributed by atoms with van der Waals surface area (Å²) >= 11 is 6.06. The first kappa shape index (κ1) is 18.0. The van der Waals surface area contributed by atoms with Crippen molar-refractivity contribution in [1.82, 2.24) is 10.0 Å². The van der Waals surface area contributed by atoms with Crippen molar-refractivity contribution in [2.45, 2.75) is 43.0 Å². The molecule has 8 heteroatoms. The molecule has 1 saturated carbocycles. The zero-order chi connectivity index (χ0) is 16.9. The second-order valence-electron chi connectivity index (χ2n) is 5.51. The molecule has 1 fully saturated rings. The number of rotatable bonds is 6. The number of sulfonamides is 1. The number of carbonyl (C=O) groups excluding carboxylic acids is 1. The van der Waals surface area contributed by atoms with E-state index in [1.165, 1.54) is 25.2 Å². The molecule has 1 amide bonds. The Bertz CT molecular complexity index is 657. The summed E-state index contributed by atoms with van der Waals surface area (Å²) in [5, 5.41) is 2.58. The molecule has 1 aromatic rings. The van der Waals surface area contributed by atoms with Crippen LogP contribution in [0, 0.1) is 0 Å². The first-order valence-electron chi connectivity index (χ1n) is 7.57. The summed E-state index contributed by atoms with van der Waals surface area (Å²) in [6.45, 7) is -0.178. The molecule has 23 heavy (non-hydrogen) atoms. The predicted molar refractivity (Wildman–Crippen MR) is 88.2 cm³/mol. The molecule has 2 N–H and O–H groups in total. The van der Waals surface area contributed by atoms with Crippen molar-refractivity contribution in [3.05, 3.63) is 23.2 Å². The Balaban J connectivity index is 2.07. The molecule has 0 aliphatic heterocycles. The standard InChI is InChI=1S/C15H21ClN2O4S/c1-17-15(19)10-22-14-8-7-12(9-13(14)16)23(20,21)18-11-5-3-2-4-6-11/h7-9,11,18H,2-6,10H2,1H3,(H,17,19). The van der Waals surface area contributed by atoms with E-state index in [0.717, 1.165) is 32.1 Å². The van der Waals surface area contributed by atoms with Crippen LogP contribution < -0.4 is 14.8 Å². The lowest BCUT2D eigenvalue weighted by atomic mass is 9.96. The number of nitrogens with one attached hydrogen (secondary N) is 2. The van der Waals surface area contributed by atoms with Gasteiger partial charge in [0.25, 0.3) is 5.91 Å². The van der Waals surface area contributed by atoms with E-state index in [9.17, 15) is 13.2 Å². The SMILES string of the molecule is CNC(=O)COc1ccc(S(=O)(=O)NC2CCCCC2)cc1Cl. The summed E-state index contributed by atoms with van der Waals surface area (Å²) in [7, 11) is -2.10. The van der Waals surface area contributed by atoms with Gasteiger partial charge in [-0.1, -0.05) is 30.9 Å². The minimum absolute atomic E-state index is 0.0169. The van der Waals surface area contributed by atoms with E-state index < -0.39 is 10.0 Å². The Morgan fingerprint density at radius 2 is 2.00 bits per heavy atom. The Labute approximate surface area is 141 Å². The number of halogens is 1. The van der Waals surface area contributed by atoms with Gasteiger partial charge in [-0.05, 0) is 31.0 Å². The number of benzene rings is 1. The normalized spacial score (nSPS) is 16.1. The zero-order valence-electron chi connectivity index (χ0n) is 13.0. The van der Waals surface area contributed by atoms with Crippen LogP contribution in [-0.4, -0.2) is 34.0 Å². The second-order valence-corrected chi connectivity index (χ2v) is 7.63. The first-order valence-corrected chi connectivity index (χ1v) is 9.44. The predicted octanol–water partition coefficient (Wildman–Crippen LogP) is 2.08. The van der Waals surface area contributed by atoms with Crippen LogP contribution in [0.15, 0.2) is 23.1 Å². The van der Waals surface area contributed by atoms with Gasteiger partial charge in [-0.15, -0.1) is 0 Å². The number of hydrogen-bond acceptors (Lipinski definition) is 4. The Hall–Kier alpha value is -1.31. The van der Waals surface area contributed by atoms with Gasteiger partial charge in [0.15, 0.2) is 6.61 Å². The van der Waals surface area contributed by atoms with Crippen molar-refractivity contribution in [3.8, 4) is 5.75 Å². The molecule has 0 aromatic heterocycles. The molecule has 0 bridgehead atoms. The fraction of sp³-hybridized carbons (Fsp3) is 0.533. The minimum atomic E-state index is -3.60. The quantitative estimate of drug-likeness (QED) is 0.813. The van der Waals surface area contributed by atoms with Gasteiger partial charge < -0.3 is 10.1 Å². The van der Waals surface area contributed by atoms with E-state index in [1.54, 1.807) is 0 Å². The topological polar surface area (TPSA) is 84.5 Å². The summed E-state index contributed by atoms with van der Waals surface area (Å²) in [6.07, 6.45) is 4.96. The summed E-state index contributed by atoms with van der Waals surface area (Å²) in [5.41, 5.74) is 0. The molecule has 0 unspecified atom stereocenters. The van der Waals surface area contributed by atoms with Gasteiger partial charge in [0, 0.05) is 13.1 Å². The average molecular weight is 361 g/mol. The van der Waals surface area contributed by atoms with Crippen LogP contribution in [0.1, 0.15) is 32.1 Å². The highest BCUT2D eigenvalue weighted by Crippen LogP contribution is 2.28. The molecule has 0 atom stereocenters. The number of likely N-dealkylation sites (N-methyl/N-ethyl adjacent to an activating group) is 1. The number of hydrogen-bond donors (Lipinski definition) is 2. The lowest BCUT2D eigenvalue weighted by Crippen LogP contribution is -2.36. The summed E-state index contributed by atoms with van der Waals surface area (Å²) in [5.74, 6) is -0.0244. The van der Waals surface area contributed by atoms with Crippen LogP contribution in [-0.2, 0) is 14.8 Å². The molecule has 0 radical (unpaired) electrons. The zero-order valence-corrected chi connectivity index (χ0v) is 14.5. The molecule has 1 aliphatic carbocycles. The van der Waals surface area contributed by atoms with Crippen LogP contribution in [0.5, 0.6) is 5.75 Å². The summed E-state index contributed by atoms with van der Waals surface area (Å²) in [4.78, 5) is 11.3. The third-order valence-electron chi connectivity index (χ3n) is 3.78. The van der Waals surface area contributed by atoms with Gasteiger partial charge in [0.1, 0.15) is 5.75 Å². The van der Waals surface area contributed by atoms with Crippen molar-refractivity contribution < 1.29 is 17.9 Å². The summed E-state index contributed by atoms with van der Waals surface area (Å²) in [6, 6.07) is 4.21. The maximum absolute atomic E-state index is 12.4. The van der Waals surface area contributed by atoms with E-state index in [-0.39, 0.29) is 34.2 Å². The van der Waals surface area contributed by atoms with Gasteiger partial charge in [-0.25, -0.2) is 13.1 Å². The van der Waals surface area contributed by atoms with Crippen molar-refractivity contribution in [2.24, 2.45) is 0 Å². The lowest BCUT2D eigenvalue weighted by Gasteiger charge is -2.22. The van der Waals surface area contributed by atoms with Crippen molar-refractivity contribution in [2.75, 3.05) is 13.7 Å². The van der Waals surface area contributed by atoms with E-state index in [4.69, 9.17) is 16.3 Å². The highest BCUT2D eigenvalue weighted by molar-refractivity contribution is 7.89. The van der Waals surface area contributed by atoms with Gasteiger partial charge in [-0.2, -0.15) is 0 Å². The fourth-order valence-electron chi connectivity index (χ4n) is 2.49. The molecule has 128 valence electrons. The maximum Gasteiger partial charge on any atom is 0.257 e. The third kappa shape index (κ3) is 5.09. The van der Waals surface area contributed by atoms with Crippen molar-refractivity contribution >= 4 is 27.5 Å². The largest absolute Gasteiger partial charge is 0.482 e. The summed E-state index contributed by atoms with van der Waals surface area (Å²) < 4.78 is 32.8. The van der Waals surface area contributed by atoms with Gasteiger partial charge in [0.2, 0.25) is 10.0 Å². The fourth-order valence-corrected chi connectivity index (χ4v) is 4.12. The number of amides is 1. The Kier molecular flexibility index (Phi) is 6.26. The monoisotopic (exact) mass is 360 g/mol. The molecule has 0 saturated heterocycles. The molecule has 0 heterocycles. The minimum Gasteiger partial charge on any atom is -0.482 e. The van der Waals surface area contributed by atoms with E-state index in [2.05, 4.69) is 10.0 Å². The molecule has 1 aliphatic rings. The smallest absolute Gasteiger partial charge is 0.257 e. The Morgan fingerprint density at radius 3 is 2.61 bits per heavy atom. The van der Waals surface area contributed by atoms with Crippen molar-refractivity contribution in [1.29, 1.82) is 0 Å². The second kappa shape index (κ2) is 7.99. The van der Waals surface area contributed by atoms with E-state index >= 15 is 0 Å².